The van der Waals surface area contributed by atoms with E-state index in [4.69, 9.17) is 11.6 Å². The van der Waals surface area contributed by atoms with Gasteiger partial charge in [0.15, 0.2) is 17.5 Å². The van der Waals surface area contributed by atoms with Crippen molar-refractivity contribution in [3.05, 3.63) is 46.8 Å². The molecule has 0 saturated carbocycles. The van der Waals surface area contributed by atoms with Crippen molar-refractivity contribution in [2.45, 2.75) is 6.42 Å². The number of hydrogen-bond donors (Lipinski definition) is 1. The first-order valence-corrected chi connectivity index (χ1v) is 7.18. The molecule has 0 unspecified atom stereocenters. The normalized spacial score (nSPS) is 11.6. The maximum absolute atomic E-state index is 12.9. The van der Waals surface area contributed by atoms with E-state index >= 15 is 0 Å². The third-order valence-corrected chi connectivity index (χ3v) is 3.79. The molecule has 0 fully saturated rings. The van der Waals surface area contributed by atoms with Crippen molar-refractivity contribution >= 4 is 21.6 Å². The smallest absolute Gasteiger partial charge is 0.215 e. The third kappa shape index (κ3) is 5.22. The van der Waals surface area contributed by atoms with Crippen molar-refractivity contribution in [2.24, 2.45) is 0 Å². The summed E-state index contributed by atoms with van der Waals surface area (Å²) in [7, 11) is -3.62. The monoisotopic (exact) mass is 313 g/mol. The Morgan fingerprint density at radius 2 is 1.79 bits per heavy atom. The van der Waals surface area contributed by atoms with E-state index in [0.717, 1.165) is 12.1 Å². The van der Waals surface area contributed by atoms with Gasteiger partial charge in [0.05, 0.1) is 5.75 Å². The van der Waals surface area contributed by atoms with Crippen LogP contribution in [0.25, 0.3) is 0 Å². The lowest BCUT2D eigenvalue weighted by Gasteiger charge is -2.06. The Labute approximate surface area is 114 Å². The first-order chi connectivity index (χ1) is 8.71. The first-order valence-electron chi connectivity index (χ1n) is 5.15. The van der Waals surface area contributed by atoms with Gasteiger partial charge in [0, 0.05) is 11.6 Å². The lowest BCUT2D eigenvalue weighted by molar-refractivity contribution is 0.445. The van der Waals surface area contributed by atoms with E-state index in [-0.39, 0.29) is 23.6 Å². The van der Waals surface area contributed by atoms with Crippen molar-refractivity contribution in [2.75, 3.05) is 12.3 Å². The number of sulfonamides is 1. The average Bonchev–Trinajstić information content (AvgIpc) is 2.23. The molecule has 0 bridgehead atoms. The Morgan fingerprint density at radius 3 is 2.26 bits per heavy atom. The number of nitrogens with one attached hydrogen (secondary N) is 1. The van der Waals surface area contributed by atoms with E-state index in [9.17, 15) is 21.6 Å². The molecule has 0 aliphatic heterocycles. The molecule has 3 nitrogen and oxygen atoms in total. The van der Waals surface area contributed by atoms with Gasteiger partial charge < -0.3 is 0 Å². The molecule has 0 aliphatic rings. The Balaban J connectivity index is 2.61. The highest BCUT2D eigenvalue weighted by molar-refractivity contribution is 7.89. The van der Waals surface area contributed by atoms with Crippen molar-refractivity contribution in [1.29, 1.82) is 0 Å². The SMILES string of the molecule is C=C(Cl)CS(=O)(=O)NCCc1cc(F)c(F)c(F)c1. The van der Waals surface area contributed by atoms with Gasteiger partial charge in [-0.1, -0.05) is 18.2 Å². The Bertz CT molecular complexity index is 567. The minimum Gasteiger partial charge on any atom is -0.215 e. The molecule has 0 radical (unpaired) electrons. The summed E-state index contributed by atoms with van der Waals surface area (Å²) in [4.78, 5) is 0. The van der Waals surface area contributed by atoms with Crippen LogP contribution < -0.4 is 4.72 Å². The summed E-state index contributed by atoms with van der Waals surface area (Å²) in [5, 5.41) is -0.0497. The topological polar surface area (TPSA) is 46.2 Å². The fraction of sp³-hybridized carbons (Fsp3) is 0.273. The highest BCUT2D eigenvalue weighted by Gasteiger charge is 2.13. The first kappa shape index (κ1) is 16.0. The van der Waals surface area contributed by atoms with Crippen molar-refractivity contribution in [3.8, 4) is 0 Å². The molecule has 0 amide bonds. The second-order valence-electron chi connectivity index (χ2n) is 3.79. The van der Waals surface area contributed by atoms with Gasteiger partial charge in [-0.25, -0.2) is 26.3 Å². The zero-order chi connectivity index (χ0) is 14.6. The molecule has 0 spiro atoms. The maximum Gasteiger partial charge on any atom is 0.216 e. The standard InChI is InChI=1S/C11H11ClF3NO2S/c1-7(12)6-19(17,18)16-3-2-8-4-9(13)11(15)10(14)5-8/h4-5,16H,1-3,6H2. The van der Waals surface area contributed by atoms with Crippen LogP contribution in [0, 0.1) is 17.5 Å². The van der Waals surface area contributed by atoms with Crippen molar-refractivity contribution in [1.82, 2.24) is 4.72 Å². The largest absolute Gasteiger partial charge is 0.216 e. The molecule has 0 aliphatic carbocycles. The van der Waals surface area contributed by atoms with Gasteiger partial charge in [-0.3, -0.25) is 0 Å². The fourth-order valence-corrected chi connectivity index (χ4v) is 2.72. The van der Waals surface area contributed by atoms with Crippen LogP contribution >= 0.6 is 11.6 Å². The minimum atomic E-state index is -3.62. The number of halogens is 4. The molecule has 1 rings (SSSR count). The lowest BCUT2D eigenvalue weighted by atomic mass is 10.1. The van der Waals surface area contributed by atoms with E-state index in [2.05, 4.69) is 11.3 Å². The zero-order valence-corrected chi connectivity index (χ0v) is 11.3. The van der Waals surface area contributed by atoms with Crippen LogP contribution in [0.2, 0.25) is 0 Å². The van der Waals surface area contributed by atoms with Gasteiger partial charge in [-0.05, 0) is 24.1 Å². The van der Waals surface area contributed by atoms with Crippen LogP contribution in [0.5, 0.6) is 0 Å². The van der Waals surface area contributed by atoms with Crippen LogP contribution in [0.1, 0.15) is 5.56 Å². The van der Waals surface area contributed by atoms with E-state index in [1.807, 2.05) is 0 Å². The van der Waals surface area contributed by atoms with E-state index < -0.39 is 33.2 Å². The highest BCUT2D eigenvalue weighted by atomic mass is 35.5. The fourth-order valence-electron chi connectivity index (χ4n) is 1.36. The van der Waals surface area contributed by atoms with Gasteiger partial charge >= 0.3 is 0 Å². The second kappa shape index (κ2) is 6.40. The van der Waals surface area contributed by atoms with E-state index in [1.54, 1.807) is 0 Å². The molecule has 0 heterocycles. The second-order valence-corrected chi connectivity index (χ2v) is 6.14. The van der Waals surface area contributed by atoms with Crippen LogP contribution in [0.3, 0.4) is 0 Å². The lowest BCUT2D eigenvalue weighted by Crippen LogP contribution is -2.28. The Morgan fingerprint density at radius 1 is 1.26 bits per heavy atom. The number of hydrogen-bond acceptors (Lipinski definition) is 2. The summed E-state index contributed by atoms with van der Waals surface area (Å²) >= 11 is 5.36. The van der Waals surface area contributed by atoms with Gasteiger partial charge in [0.25, 0.3) is 0 Å². The van der Waals surface area contributed by atoms with Gasteiger partial charge in [-0.15, -0.1) is 0 Å². The number of rotatable bonds is 6. The predicted octanol–water partition coefficient (Wildman–Crippen LogP) is 2.32. The van der Waals surface area contributed by atoms with Crippen molar-refractivity contribution < 1.29 is 21.6 Å². The zero-order valence-electron chi connectivity index (χ0n) is 9.72. The Hall–Kier alpha value is -1.05. The molecule has 0 aromatic heterocycles. The quantitative estimate of drug-likeness (QED) is 0.819. The maximum atomic E-state index is 12.9. The summed E-state index contributed by atoms with van der Waals surface area (Å²) in [5.41, 5.74) is 0.142. The molecule has 8 heteroatoms. The summed E-state index contributed by atoms with van der Waals surface area (Å²) in [6.45, 7) is 3.16. The van der Waals surface area contributed by atoms with Crippen LogP contribution in [0.15, 0.2) is 23.7 Å². The molecule has 1 aromatic carbocycles. The van der Waals surface area contributed by atoms with Crippen LogP contribution in [0.4, 0.5) is 13.2 Å². The van der Waals surface area contributed by atoms with Gasteiger partial charge in [-0.2, -0.15) is 0 Å². The molecular weight excluding hydrogens is 303 g/mol. The number of benzene rings is 1. The van der Waals surface area contributed by atoms with Gasteiger partial charge in [0.1, 0.15) is 0 Å². The van der Waals surface area contributed by atoms with E-state index in [1.165, 1.54) is 0 Å². The highest BCUT2D eigenvalue weighted by Crippen LogP contribution is 2.13. The molecule has 0 atom stereocenters. The molecule has 1 aromatic rings. The summed E-state index contributed by atoms with van der Waals surface area (Å²) in [6.07, 6.45) is 0.0160. The molecule has 19 heavy (non-hydrogen) atoms. The molecule has 106 valence electrons. The summed E-state index contributed by atoms with van der Waals surface area (Å²) < 4.78 is 63.4. The third-order valence-electron chi connectivity index (χ3n) is 2.13. The van der Waals surface area contributed by atoms with Crippen LogP contribution in [-0.2, 0) is 16.4 Å². The van der Waals surface area contributed by atoms with Crippen molar-refractivity contribution in [3.63, 3.8) is 0 Å². The summed E-state index contributed by atoms with van der Waals surface area (Å²) in [5.74, 6) is -4.62. The predicted molar refractivity (Wildman–Crippen MR) is 66.8 cm³/mol. The summed E-state index contributed by atoms with van der Waals surface area (Å²) in [6, 6.07) is 1.63. The molecule has 0 saturated heterocycles. The minimum absolute atomic E-state index is 0.0160. The van der Waals surface area contributed by atoms with E-state index in [0.29, 0.717) is 0 Å². The molecular formula is C11H11ClF3NO2S. The van der Waals surface area contributed by atoms with Crippen LogP contribution in [-0.4, -0.2) is 20.7 Å². The Kier molecular flexibility index (Phi) is 5.39. The van der Waals surface area contributed by atoms with Gasteiger partial charge in [0.2, 0.25) is 10.0 Å². The molecule has 1 N–H and O–H groups in total. The average molecular weight is 314 g/mol.